The van der Waals surface area contributed by atoms with Crippen LogP contribution in [0.15, 0.2) is 18.2 Å². The van der Waals surface area contributed by atoms with Gasteiger partial charge in [0.2, 0.25) is 0 Å². The minimum atomic E-state index is 0.701. The minimum absolute atomic E-state index is 0.701. The van der Waals surface area contributed by atoms with E-state index in [1.807, 2.05) is 6.92 Å². The van der Waals surface area contributed by atoms with Crippen molar-refractivity contribution in [1.82, 2.24) is 0 Å². The zero-order valence-corrected chi connectivity index (χ0v) is 8.09. The highest BCUT2D eigenvalue weighted by Crippen LogP contribution is 2.15. The van der Waals surface area contributed by atoms with Crippen LogP contribution < -0.4 is 5.73 Å². The van der Waals surface area contributed by atoms with E-state index in [4.69, 9.17) is 5.73 Å². The molecule has 0 amide bonds. The number of nitrogens with two attached hydrogens (primary N) is 1. The zero-order chi connectivity index (χ0) is 9.14. The van der Waals surface area contributed by atoms with E-state index in [0.717, 1.165) is 12.1 Å². The molecule has 1 aromatic carbocycles. The average Bonchev–Trinajstić information content (AvgIpc) is 1.96. The molecule has 1 heteroatoms. The molecule has 0 fully saturated rings. The fourth-order valence-electron chi connectivity index (χ4n) is 1.29. The van der Waals surface area contributed by atoms with Crippen LogP contribution in [-0.4, -0.2) is 0 Å². The van der Waals surface area contributed by atoms with Crippen LogP contribution in [0.2, 0.25) is 0 Å². The second kappa shape index (κ2) is 3.61. The van der Waals surface area contributed by atoms with Crippen LogP contribution in [0.5, 0.6) is 0 Å². The summed E-state index contributed by atoms with van der Waals surface area (Å²) >= 11 is 0. The van der Waals surface area contributed by atoms with Crippen LogP contribution in [-0.2, 0) is 6.42 Å². The summed E-state index contributed by atoms with van der Waals surface area (Å²) in [5.41, 5.74) is 9.22. The van der Waals surface area contributed by atoms with E-state index in [2.05, 4.69) is 32.0 Å². The van der Waals surface area contributed by atoms with Crippen molar-refractivity contribution in [3.05, 3.63) is 29.3 Å². The number of rotatable bonds is 2. The summed E-state index contributed by atoms with van der Waals surface area (Å²) in [6.45, 7) is 6.47. The third kappa shape index (κ3) is 2.26. The molecule has 0 aliphatic heterocycles. The fourth-order valence-corrected chi connectivity index (χ4v) is 1.29. The molecule has 0 unspecified atom stereocenters. The van der Waals surface area contributed by atoms with Crippen molar-refractivity contribution in [2.45, 2.75) is 27.2 Å². The second-order valence-corrected chi connectivity index (χ2v) is 3.79. The van der Waals surface area contributed by atoms with E-state index in [9.17, 15) is 0 Å². The van der Waals surface area contributed by atoms with Gasteiger partial charge in [-0.15, -0.1) is 0 Å². The van der Waals surface area contributed by atoms with Gasteiger partial charge in [-0.3, -0.25) is 0 Å². The Labute approximate surface area is 74.6 Å². The van der Waals surface area contributed by atoms with E-state index >= 15 is 0 Å². The molecule has 0 spiro atoms. The predicted molar refractivity (Wildman–Crippen MR) is 54.1 cm³/mol. The van der Waals surface area contributed by atoms with Crippen LogP contribution in [0.25, 0.3) is 0 Å². The summed E-state index contributed by atoms with van der Waals surface area (Å²) in [4.78, 5) is 0. The van der Waals surface area contributed by atoms with Crippen molar-refractivity contribution in [2.24, 2.45) is 5.92 Å². The Kier molecular flexibility index (Phi) is 2.74. The quantitative estimate of drug-likeness (QED) is 0.666. The maximum absolute atomic E-state index is 5.80. The van der Waals surface area contributed by atoms with Gasteiger partial charge in [-0.1, -0.05) is 26.0 Å². The third-order valence-electron chi connectivity index (χ3n) is 1.99. The van der Waals surface area contributed by atoms with Gasteiger partial charge in [0.05, 0.1) is 0 Å². The molecule has 0 atom stereocenters. The van der Waals surface area contributed by atoms with Gasteiger partial charge < -0.3 is 5.73 Å². The van der Waals surface area contributed by atoms with E-state index in [1.165, 1.54) is 11.1 Å². The Morgan fingerprint density at radius 1 is 1.33 bits per heavy atom. The zero-order valence-electron chi connectivity index (χ0n) is 8.09. The molecule has 2 N–H and O–H groups in total. The van der Waals surface area contributed by atoms with Gasteiger partial charge in [0, 0.05) is 5.69 Å². The molecule has 0 bridgehead atoms. The topological polar surface area (TPSA) is 26.0 Å². The maximum Gasteiger partial charge on any atom is 0.0346 e. The molecule has 0 heterocycles. The van der Waals surface area contributed by atoms with Gasteiger partial charge in [0.1, 0.15) is 0 Å². The molecular weight excluding hydrogens is 146 g/mol. The van der Waals surface area contributed by atoms with Crippen LogP contribution in [0, 0.1) is 12.8 Å². The summed E-state index contributed by atoms with van der Waals surface area (Å²) in [6.07, 6.45) is 1.12. The lowest BCUT2D eigenvalue weighted by molar-refractivity contribution is 0.647. The normalized spacial score (nSPS) is 10.7. The molecule has 0 aromatic heterocycles. The summed E-state index contributed by atoms with van der Waals surface area (Å²) in [7, 11) is 0. The van der Waals surface area contributed by atoms with Gasteiger partial charge >= 0.3 is 0 Å². The standard InChI is InChI=1S/C11H17N/c1-8(2)6-10-5-4-9(3)11(12)7-10/h4-5,7-8H,6,12H2,1-3H3. The first kappa shape index (κ1) is 9.11. The van der Waals surface area contributed by atoms with Gasteiger partial charge in [-0.25, -0.2) is 0 Å². The van der Waals surface area contributed by atoms with Crippen molar-refractivity contribution >= 4 is 5.69 Å². The van der Waals surface area contributed by atoms with Crippen LogP contribution >= 0.6 is 0 Å². The summed E-state index contributed by atoms with van der Waals surface area (Å²) in [6, 6.07) is 6.33. The number of anilines is 1. The molecule has 0 aliphatic carbocycles. The molecular formula is C11H17N. The monoisotopic (exact) mass is 163 g/mol. The summed E-state index contributed by atoms with van der Waals surface area (Å²) in [5, 5.41) is 0. The van der Waals surface area contributed by atoms with Gasteiger partial charge in [-0.05, 0) is 36.5 Å². The Bertz CT molecular complexity index is 264. The largest absolute Gasteiger partial charge is 0.399 e. The highest BCUT2D eigenvalue weighted by atomic mass is 14.5. The van der Waals surface area contributed by atoms with Gasteiger partial charge in [-0.2, -0.15) is 0 Å². The third-order valence-corrected chi connectivity index (χ3v) is 1.99. The lowest BCUT2D eigenvalue weighted by Crippen LogP contribution is -1.96. The highest BCUT2D eigenvalue weighted by Gasteiger charge is 1.99. The number of hydrogen-bond acceptors (Lipinski definition) is 1. The number of nitrogen functional groups attached to an aromatic ring is 1. The van der Waals surface area contributed by atoms with Gasteiger partial charge in [0.25, 0.3) is 0 Å². The lowest BCUT2D eigenvalue weighted by atomic mass is 10.0. The molecule has 0 radical (unpaired) electrons. The van der Waals surface area contributed by atoms with E-state index in [1.54, 1.807) is 0 Å². The summed E-state index contributed by atoms with van der Waals surface area (Å²) < 4.78 is 0. The van der Waals surface area contributed by atoms with Crippen molar-refractivity contribution in [1.29, 1.82) is 0 Å². The first-order valence-corrected chi connectivity index (χ1v) is 4.44. The molecule has 0 aliphatic rings. The number of aryl methyl sites for hydroxylation is 1. The highest BCUT2D eigenvalue weighted by molar-refractivity contribution is 5.48. The van der Waals surface area contributed by atoms with Crippen molar-refractivity contribution in [3.8, 4) is 0 Å². The van der Waals surface area contributed by atoms with E-state index in [-0.39, 0.29) is 0 Å². The van der Waals surface area contributed by atoms with E-state index in [0.29, 0.717) is 5.92 Å². The van der Waals surface area contributed by atoms with Crippen LogP contribution in [0.1, 0.15) is 25.0 Å². The smallest absolute Gasteiger partial charge is 0.0346 e. The lowest BCUT2D eigenvalue weighted by Gasteiger charge is -2.06. The minimum Gasteiger partial charge on any atom is -0.399 e. The fraction of sp³-hybridized carbons (Fsp3) is 0.455. The second-order valence-electron chi connectivity index (χ2n) is 3.79. The number of benzene rings is 1. The van der Waals surface area contributed by atoms with Crippen LogP contribution in [0.4, 0.5) is 5.69 Å². The first-order chi connectivity index (χ1) is 5.59. The van der Waals surface area contributed by atoms with E-state index < -0.39 is 0 Å². The molecule has 66 valence electrons. The Balaban J connectivity index is 2.82. The molecule has 1 nitrogen and oxygen atoms in total. The molecule has 12 heavy (non-hydrogen) atoms. The Hall–Kier alpha value is -0.980. The Morgan fingerprint density at radius 3 is 2.50 bits per heavy atom. The SMILES string of the molecule is Cc1ccc(CC(C)C)cc1N. The average molecular weight is 163 g/mol. The van der Waals surface area contributed by atoms with Crippen LogP contribution in [0.3, 0.4) is 0 Å². The molecule has 0 saturated carbocycles. The van der Waals surface area contributed by atoms with Crippen molar-refractivity contribution in [3.63, 3.8) is 0 Å². The molecule has 1 aromatic rings. The first-order valence-electron chi connectivity index (χ1n) is 4.44. The summed E-state index contributed by atoms with van der Waals surface area (Å²) in [5.74, 6) is 0.701. The maximum atomic E-state index is 5.80. The van der Waals surface area contributed by atoms with Crippen molar-refractivity contribution < 1.29 is 0 Å². The molecule has 0 saturated heterocycles. The Morgan fingerprint density at radius 2 is 2.00 bits per heavy atom. The number of hydrogen-bond donors (Lipinski definition) is 1. The predicted octanol–water partition coefficient (Wildman–Crippen LogP) is 2.78. The van der Waals surface area contributed by atoms with Crippen molar-refractivity contribution in [2.75, 3.05) is 5.73 Å². The molecule has 1 rings (SSSR count). The van der Waals surface area contributed by atoms with Gasteiger partial charge in [0.15, 0.2) is 0 Å².